The zero-order valence-corrected chi connectivity index (χ0v) is 19.9. The Morgan fingerprint density at radius 3 is 2.66 bits per heavy atom. The summed E-state index contributed by atoms with van der Waals surface area (Å²) in [5.41, 5.74) is 2.27. The lowest BCUT2D eigenvalue weighted by Crippen LogP contribution is -2.48. The molecule has 0 unspecified atom stereocenters. The quantitative estimate of drug-likeness (QED) is 0.526. The van der Waals surface area contributed by atoms with Crippen LogP contribution in [0.15, 0.2) is 30.5 Å². The Labute approximate surface area is 203 Å². The summed E-state index contributed by atoms with van der Waals surface area (Å²) >= 11 is 0. The molecule has 1 aliphatic carbocycles. The van der Waals surface area contributed by atoms with Crippen LogP contribution < -0.4 is 5.32 Å². The number of H-pyrrole nitrogens is 1. The molecule has 0 spiro atoms. The number of amides is 1. The summed E-state index contributed by atoms with van der Waals surface area (Å²) in [6.07, 6.45) is 8.84. The number of hydrogen-bond acceptors (Lipinski definition) is 5. The van der Waals surface area contributed by atoms with Crippen LogP contribution in [0.5, 0.6) is 0 Å². The molecular formula is C26H32F2N6O. The van der Waals surface area contributed by atoms with Crippen LogP contribution in [0.4, 0.5) is 14.6 Å². The Hall–Kier alpha value is -3.07. The monoisotopic (exact) mass is 482 g/mol. The van der Waals surface area contributed by atoms with Gasteiger partial charge in [0.2, 0.25) is 5.91 Å². The summed E-state index contributed by atoms with van der Waals surface area (Å²) < 4.78 is 27.1. The number of nitrogens with zero attached hydrogens (tertiary/aromatic N) is 4. The van der Waals surface area contributed by atoms with E-state index < -0.39 is 11.6 Å². The second-order valence-corrected chi connectivity index (χ2v) is 9.63. The van der Waals surface area contributed by atoms with E-state index in [2.05, 4.69) is 25.4 Å². The van der Waals surface area contributed by atoms with E-state index in [4.69, 9.17) is 0 Å². The molecule has 1 saturated heterocycles. The molecule has 2 N–H and O–H groups in total. The fraction of sp³-hybridized carbons (Fsp3) is 0.500. The zero-order valence-electron chi connectivity index (χ0n) is 19.9. The van der Waals surface area contributed by atoms with Crippen LogP contribution in [0.25, 0.3) is 10.9 Å². The van der Waals surface area contributed by atoms with Gasteiger partial charge in [0.1, 0.15) is 17.5 Å². The molecular weight excluding hydrogens is 450 g/mol. The maximum absolute atomic E-state index is 14.0. The highest BCUT2D eigenvalue weighted by molar-refractivity contribution is 5.92. The second kappa shape index (κ2) is 10.7. The highest BCUT2D eigenvalue weighted by Gasteiger charge is 2.23. The Morgan fingerprint density at radius 2 is 1.89 bits per heavy atom. The van der Waals surface area contributed by atoms with E-state index >= 15 is 0 Å². The lowest BCUT2D eigenvalue weighted by molar-refractivity contribution is -0.133. The lowest BCUT2D eigenvalue weighted by Gasteiger charge is -2.34. The number of piperazine rings is 1. The molecule has 0 bridgehead atoms. The maximum atomic E-state index is 14.0. The number of benzene rings is 1. The minimum Gasteiger partial charge on any atom is -0.367 e. The number of aromatic nitrogens is 3. The van der Waals surface area contributed by atoms with Gasteiger partial charge in [-0.05, 0) is 31.4 Å². The number of rotatable bonds is 7. The van der Waals surface area contributed by atoms with Gasteiger partial charge >= 0.3 is 0 Å². The number of fused-ring (bicyclic) bond motifs is 1. The van der Waals surface area contributed by atoms with Crippen molar-refractivity contribution in [3.05, 3.63) is 53.4 Å². The summed E-state index contributed by atoms with van der Waals surface area (Å²) in [7, 11) is 0. The molecule has 35 heavy (non-hydrogen) atoms. The van der Waals surface area contributed by atoms with Crippen LogP contribution in [-0.4, -0.2) is 63.1 Å². The first-order valence-corrected chi connectivity index (χ1v) is 12.6. The normalized spacial score (nSPS) is 17.7. The van der Waals surface area contributed by atoms with Crippen LogP contribution in [0, 0.1) is 11.6 Å². The number of halogens is 2. The molecule has 3 heterocycles. The number of aromatic amines is 1. The van der Waals surface area contributed by atoms with E-state index in [1.807, 2.05) is 11.0 Å². The van der Waals surface area contributed by atoms with Crippen LogP contribution in [-0.2, 0) is 17.8 Å². The molecule has 7 nitrogen and oxygen atoms in total. The van der Waals surface area contributed by atoms with Gasteiger partial charge < -0.3 is 10.2 Å². The van der Waals surface area contributed by atoms with Crippen molar-refractivity contribution in [1.29, 1.82) is 0 Å². The average Bonchev–Trinajstić information content (AvgIpc) is 3.29. The Balaban J connectivity index is 1.16. The summed E-state index contributed by atoms with van der Waals surface area (Å²) in [4.78, 5) is 21.5. The Bertz CT molecular complexity index is 1170. The number of hydrogen-bond donors (Lipinski definition) is 2. The third kappa shape index (κ3) is 5.61. The van der Waals surface area contributed by atoms with Crippen molar-refractivity contribution in [3.63, 3.8) is 0 Å². The van der Waals surface area contributed by atoms with Crippen molar-refractivity contribution in [3.8, 4) is 0 Å². The standard InChI is InChI=1S/C26H32F2N6O/c27-19-7-6-18(21(28)16-19)17-33-12-14-34(15-13-33)24(35)9-8-22-25-23(32-31-22)10-11-29-26(25)30-20-4-2-1-3-5-20/h6-7,10-11,16,20H,1-5,8-9,12-15,17H2,(H,29,30)(H,31,32). The SMILES string of the molecule is O=C(CCc1[nH]nc2ccnc(NC3CCCCC3)c12)N1CCN(Cc2ccc(F)cc2F)CC1. The molecule has 0 radical (unpaired) electrons. The fourth-order valence-corrected chi connectivity index (χ4v) is 5.19. The number of nitrogens with one attached hydrogen (secondary N) is 2. The first-order chi connectivity index (χ1) is 17.1. The van der Waals surface area contributed by atoms with Crippen LogP contribution in [0.3, 0.4) is 0 Å². The van der Waals surface area contributed by atoms with Crippen molar-refractivity contribution in [2.75, 3.05) is 31.5 Å². The smallest absolute Gasteiger partial charge is 0.223 e. The summed E-state index contributed by atoms with van der Waals surface area (Å²) in [6.45, 7) is 2.94. The largest absolute Gasteiger partial charge is 0.367 e. The van der Waals surface area contributed by atoms with Crippen LogP contribution in [0.2, 0.25) is 0 Å². The maximum Gasteiger partial charge on any atom is 0.223 e. The first-order valence-electron chi connectivity index (χ1n) is 12.6. The number of aryl methyl sites for hydroxylation is 1. The van der Waals surface area contributed by atoms with Gasteiger partial charge in [-0.2, -0.15) is 5.10 Å². The lowest BCUT2D eigenvalue weighted by atomic mass is 9.95. The molecule has 2 aromatic heterocycles. The van der Waals surface area contributed by atoms with Crippen LogP contribution in [0.1, 0.15) is 49.8 Å². The van der Waals surface area contributed by atoms with E-state index in [9.17, 15) is 13.6 Å². The fourth-order valence-electron chi connectivity index (χ4n) is 5.19. The molecule has 9 heteroatoms. The molecule has 0 atom stereocenters. The van der Waals surface area contributed by atoms with Gasteiger partial charge in [-0.25, -0.2) is 13.8 Å². The third-order valence-electron chi connectivity index (χ3n) is 7.21. The Morgan fingerprint density at radius 1 is 1.09 bits per heavy atom. The number of carbonyl (C=O) groups excluding carboxylic acids is 1. The topological polar surface area (TPSA) is 77.1 Å². The zero-order chi connectivity index (χ0) is 24.2. The third-order valence-corrected chi connectivity index (χ3v) is 7.21. The molecule has 1 saturated carbocycles. The first kappa shape index (κ1) is 23.7. The predicted molar refractivity (Wildman–Crippen MR) is 131 cm³/mol. The van der Waals surface area contributed by atoms with Gasteiger partial charge in [-0.1, -0.05) is 25.3 Å². The summed E-state index contributed by atoms with van der Waals surface area (Å²) in [6, 6.07) is 6.02. The summed E-state index contributed by atoms with van der Waals surface area (Å²) in [5.74, 6) is -0.139. The van der Waals surface area contributed by atoms with E-state index in [0.717, 1.165) is 41.3 Å². The highest BCUT2D eigenvalue weighted by Crippen LogP contribution is 2.28. The van der Waals surface area contributed by atoms with Crippen molar-refractivity contribution >= 4 is 22.6 Å². The van der Waals surface area contributed by atoms with E-state index in [-0.39, 0.29) is 5.91 Å². The second-order valence-electron chi connectivity index (χ2n) is 9.63. The van der Waals surface area contributed by atoms with Crippen molar-refractivity contribution in [1.82, 2.24) is 25.0 Å². The highest BCUT2D eigenvalue weighted by atomic mass is 19.1. The molecule has 1 amide bonds. The Kier molecular flexibility index (Phi) is 7.22. The number of anilines is 1. The van der Waals surface area contributed by atoms with E-state index in [1.165, 1.54) is 31.4 Å². The van der Waals surface area contributed by atoms with E-state index in [1.54, 1.807) is 6.20 Å². The average molecular weight is 483 g/mol. The number of pyridine rings is 1. The van der Waals surface area contributed by atoms with Crippen molar-refractivity contribution < 1.29 is 13.6 Å². The molecule has 5 rings (SSSR count). The molecule has 186 valence electrons. The molecule has 2 fully saturated rings. The van der Waals surface area contributed by atoms with E-state index in [0.29, 0.717) is 57.2 Å². The molecule has 1 aliphatic heterocycles. The minimum atomic E-state index is -0.570. The van der Waals surface area contributed by atoms with Crippen LogP contribution >= 0.6 is 0 Å². The van der Waals surface area contributed by atoms with Gasteiger partial charge in [0.25, 0.3) is 0 Å². The van der Waals surface area contributed by atoms with Crippen molar-refractivity contribution in [2.24, 2.45) is 0 Å². The molecule has 3 aromatic rings. The van der Waals surface area contributed by atoms with Gasteiger partial charge in [-0.3, -0.25) is 14.8 Å². The van der Waals surface area contributed by atoms with Gasteiger partial charge in [0.15, 0.2) is 0 Å². The molecule has 2 aliphatic rings. The molecule has 1 aromatic carbocycles. The number of carbonyl (C=O) groups is 1. The van der Waals surface area contributed by atoms with Gasteiger partial charge in [-0.15, -0.1) is 0 Å². The van der Waals surface area contributed by atoms with Crippen molar-refractivity contribution in [2.45, 2.75) is 57.5 Å². The minimum absolute atomic E-state index is 0.103. The summed E-state index contributed by atoms with van der Waals surface area (Å²) in [5, 5.41) is 12.2. The predicted octanol–water partition coefficient (Wildman–Crippen LogP) is 4.26. The van der Waals surface area contributed by atoms with Gasteiger partial charge in [0.05, 0.1) is 10.9 Å². The van der Waals surface area contributed by atoms with Gasteiger partial charge in [0, 0.05) is 68.7 Å².